The summed E-state index contributed by atoms with van der Waals surface area (Å²) in [5.41, 5.74) is 0. The minimum Gasteiger partial charge on any atom is -0.225 e. The molecule has 1 heterocycles. The van der Waals surface area contributed by atoms with Gasteiger partial charge in [0.05, 0.1) is 5.25 Å². The maximum atomic E-state index is 12.2. The fraction of sp³-hybridized carbons (Fsp3) is 1.00. The van der Waals surface area contributed by atoms with Crippen LogP contribution in [-0.4, -0.2) is 13.7 Å². The van der Waals surface area contributed by atoms with Gasteiger partial charge in [0, 0.05) is 10.7 Å². The van der Waals surface area contributed by atoms with Gasteiger partial charge < -0.3 is 0 Å². The van der Waals surface area contributed by atoms with Crippen molar-refractivity contribution in [2.75, 3.05) is 0 Å². The van der Waals surface area contributed by atoms with Crippen LogP contribution in [0.2, 0.25) is 0 Å². The summed E-state index contributed by atoms with van der Waals surface area (Å²) in [6, 6.07) is 0. The topological polar surface area (TPSA) is 71.2 Å². The van der Waals surface area contributed by atoms with E-state index in [2.05, 4.69) is 12.1 Å². The van der Waals surface area contributed by atoms with Gasteiger partial charge in [-0.2, -0.15) is 0 Å². The highest BCUT2D eigenvalue weighted by molar-refractivity contribution is 8.27. The molecule has 1 rings (SSSR count). The van der Waals surface area contributed by atoms with Crippen LogP contribution in [0, 0.1) is 0 Å². The first-order valence-electron chi connectivity index (χ1n) is 3.88. The molecule has 90 valence electrons. The summed E-state index contributed by atoms with van der Waals surface area (Å²) in [6.07, 6.45) is 0.534. The van der Waals surface area contributed by atoms with Crippen molar-refractivity contribution in [2.24, 2.45) is 12.1 Å². The third-order valence-electron chi connectivity index (χ3n) is 1.71. The van der Waals surface area contributed by atoms with Crippen molar-refractivity contribution in [2.45, 2.75) is 25.5 Å². The molecule has 0 aromatic rings. The van der Waals surface area contributed by atoms with E-state index in [0.29, 0.717) is 6.42 Å². The average molecular weight is 333 g/mol. The molecule has 0 bridgehead atoms. The van der Waals surface area contributed by atoms with Gasteiger partial charge in [0.25, 0.3) is 15.0 Å². The van der Waals surface area contributed by atoms with Crippen LogP contribution in [0.1, 0.15) is 20.3 Å². The average Bonchev–Trinajstić information content (AvgIpc) is 1.95. The molecular formula is C4H9Cl3N3O2PS2. The van der Waals surface area contributed by atoms with E-state index in [1.54, 1.807) is 13.8 Å². The minimum atomic E-state index is -3.46. The lowest BCUT2D eigenvalue weighted by molar-refractivity contribution is 0.663. The smallest absolute Gasteiger partial charge is 0.225 e. The molecule has 0 fully saturated rings. The van der Waals surface area contributed by atoms with Crippen LogP contribution < -0.4 is 0 Å². The van der Waals surface area contributed by atoms with Crippen molar-refractivity contribution in [3.8, 4) is 0 Å². The van der Waals surface area contributed by atoms with E-state index in [4.69, 9.17) is 33.2 Å². The van der Waals surface area contributed by atoms with Crippen LogP contribution in [0.15, 0.2) is 12.1 Å². The molecule has 0 N–H and O–H groups in total. The molecule has 5 nitrogen and oxygen atoms in total. The molecule has 0 saturated heterocycles. The Hall–Kier alpha value is 1.00. The van der Waals surface area contributed by atoms with Crippen LogP contribution in [-0.2, 0) is 19.0 Å². The molecule has 0 spiro atoms. The molecule has 3 unspecified atom stereocenters. The van der Waals surface area contributed by atoms with Crippen LogP contribution in [0.25, 0.3) is 0 Å². The lowest BCUT2D eigenvalue weighted by Gasteiger charge is -2.16. The van der Waals surface area contributed by atoms with Crippen molar-refractivity contribution in [1.29, 1.82) is 0 Å². The number of hydrogen-bond donors (Lipinski definition) is 0. The van der Waals surface area contributed by atoms with Crippen molar-refractivity contribution >= 4 is 58.1 Å². The summed E-state index contributed by atoms with van der Waals surface area (Å²) in [4.78, 5) is 0. The molecule has 0 radical (unpaired) electrons. The highest BCUT2D eigenvalue weighted by atomic mass is 35.9. The molecule has 1 aliphatic heterocycles. The third-order valence-corrected chi connectivity index (χ3v) is 11.3. The lowest BCUT2D eigenvalue weighted by atomic mass is 10.4. The first-order chi connectivity index (χ1) is 6.60. The Morgan fingerprint density at radius 3 is 2.33 bits per heavy atom. The summed E-state index contributed by atoms with van der Waals surface area (Å²) >= 11 is 11.4. The first kappa shape index (κ1) is 14.1. The Morgan fingerprint density at radius 1 is 1.40 bits per heavy atom. The Labute approximate surface area is 104 Å². The van der Waals surface area contributed by atoms with Gasteiger partial charge in [0.1, 0.15) is 0 Å². The van der Waals surface area contributed by atoms with E-state index in [0.717, 1.165) is 0 Å². The predicted molar refractivity (Wildman–Crippen MR) is 67.8 cm³/mol. The predicted octanol–water partition coefficient (Wildman–Crippen LogP) is 4.14. The summed E-state index contributed by atoms with van der Waals surface area (Å²) in [5.74, 6) is -3.23. The van der Waals surface area contributed by atoms with E-state index >= 15 is 0 Å². The van der Waals surface area contributed by atoms with Crippen molar-refractivity contribution in [1.82, 2.24) is 0 Å². The fourth-order valence-electron chi connectivity index (χ4n) is 0.809. The molecule has 0 aliphatic carbocycles. The van der Waals surface area contributed by atoms with Gasteiger partial charge in [-0.1, -0.05) is 10.7 Å². The zero-order valence-electron chi connectivity index (χ0n) is 7.84. The van der Waals surface area contributed by atoms with Gasteiger partial charge in [-0.25, -0.2) is 8.42 Å². The highest BCUT2D eigenvalue weighted by Gasteiger charge is 2.29. The van der Waals surface area contributed by atoms with Crippen molar-refractivity contribution < 1.29 is 8.42 Å². The summed E-state index contributed by atoms with van der Waals surface area (Å²) in [6.45, 7) is 3.45. The molecule has 0 saturated carbocycles. The number of halogens is 3. The number of rotatable bonds is 2. The summed E-state index contributed by atoms with van der Waals surface area (Å²) in [5, 5.41) is -0.413. The molecule has 3 atom stereocenters. The standard InChI is InChI=1S/C4H9Cl3N3O2PS2/c1-3-4(2)14(11)8-13(5,6)9-15(7,12)10-14/h4H,3H2,1-2H3. The van der Waals surface area contributed by atoms with E-state index in [9.17, 15) is 8.42 Å². The second kappa shape index (κ2) is 4.35. The molecule has 0 amide bonds. The minimum absolute atomic E-state index is 0.413. The Bertz CT molecular complexity index is 551. The van der Waals surface area contributed by atoms with Gasteiger partial charge >= 0.3 is 0 Å². The Balaban J connectivity index is 3.58. The second-order valence-corrected chi connectivity index (χ2v) is 13.0. The molecule has 15 heavy (non-hydrogen) atoms. The van der Waals surface area contributed by atoms with Gasteiger partial charge in [0.2, 0.25) is 0 Å². The SMILES string of the molecule is CCC(C)S1(=O)=NS(=O)(Cl)=NP(Cl)(Cl)=N1. The van der Waals surface area contributed by atoms with E-state index < -0.39 is 30.2 Å². The Kier molecular flexibility index (Phi) is 4.08. The van der Waals surface area contributed by atoms with E-state index in [1.807, 2.05) is 0 Å². The first-order valence-corrected chi connectivity index (χ1v) is 11.2. The van der Waals surface area contributed by atoms with Crippen LogP contribution in [0.4, 0.5) is 0 Å². The largest absolute Gasteiger partial charge is 0.272 e. The maximum absolute atomic E-state index is 12.2. The molecule has 1 aliphatic rings. The molecule has 0 aromatic heterocycles. The quantitative estimate of drug-likeness (QED) is 0.563. The lowest BCUT2D eigenvalue weighted by Crippen LogP contribution is -2.15. The number of hydrogen-bond acceptors (Lipinski definition) is 3. The van der Waals surface area contributed by atoms with Crippen LogP contribution in [0.5, 0.6) is 0 Å². The van der Waals surface area contributed by atoms with E-state index in [1.165, 1.54) is 0 Å². The van der Waals surface area contributed by atoms with Crippen LogP contribution in [0.3, 0.4) is 0 Å². The molecular weight excluding hydrogens is 324 g/mol. The zero-order valence-corrected chi connectivity index (χ0v) is 12.6. The van der Waals surface area contributed by atoms with Crippen molar-refractivity contribution in [3.05, 3.63) is 0 Å². The Morgan fingerprint density at radius 2 is 1.93 bits per heavy atom. The third kappa shape index (κ3) is 3.48. The van der Waals surface area contributed by atoms with Gasteiger partial charge in [-0.05, 0) is 35.8 Å². The van der Waals surface area contributed by atoms with Crippen LogP contribution >= 0.6 is 39.1 Å². The van der Waals surface area contributed by atoms with Gasteiger partial charge in [0.15, 0.2) is 9.92 Å². The van der Waals surface area contributed by atoms with E-state index in [-0.39, 0.29) is 0 Å². The zero-order chi connectivity index (χ0) is 11.9. The summed E-state index contributed by atoms with van der Waals surface area (Å²) < 4.78 is 34.2. The van der Waals surface area contributed by atoms with Crippen molar-refractivity contribution in [3.63, 3.8) is 0 Å². The normalized spacial score (nSPS) is 40.9. The fourth-order valence-corrected chi connectivity index (χ4v) is 12.0. The monoisotopic (exact) mass is 331 g/mol. The molecule has 0 aromatic carbocycles. The molecule has 11 heteroatoms. The van der Waals surface area contributed by atoms with Gasteiger partial charge in [-0.15, -0.1) is 8.28 Å². The maximum Gasteiger partial charge on any atom is 0.272 e. The second-order valence-electron chi connectivity index (χ2n) is 2.88. The summed E-state index contributed by atoms with van der Waals surface area (Å²) in [7, 11) is -1.11. The highest BCUT2D eigenvalue weighted by Crippen LogP contribution is 2.65. The number of nitrogens with zero attached hydrogens (tertiary/aromatic N) is 3. The van der Waals surface area contributed by atoms with Gasteiger partial charge in [-0.3, -0.25) is 0 Å².